The topological polar surface area (TPSA) is 87.3 Å². The first-order valence-electron chi connectivity index (χ1n) is 4.89. The highest BCUT2D eigenvalue weighted by atomic mass is 16.5. The lowest BCUT2D eigenvalue weighted by atomic mass is 10.2. The number of anilines is 1. The third kappa shape index (κ3) is 2.66. The van der Waals surface area contributed by atoms with E-state index in [4.69, 9.17) is 10.5 Å². The molecule has 0 bridgehead atoms. The summed E-state index contributed by atoms with van der Waals surface area (Å²) >= 11 is 0. The molecule has 1 aromatic heterocycles. The van der Waals surface area contributed by atoms with Gasteiger partial charge in [0.25, 0.3) is 0 Å². The first-order chi connectivity index (χ1) is 7.60. The molecule has 0 radical (unpaired) electrons. The first kappa shape index (κ1) is 12.4. The predicted octanol–water partition coefficient (Wildman–Crippen LogP) is 0.690. The van der Waals surface area contributed by atoms with Gasteiger partial charge in [0.05, 0.1) is 12.8 Å². The normalized spacial score (nSPS) is 10.2. The SMILES string of the molecule is CCOCc1nc(C)c(C(=O)OC)c(N)n1. The van der Waals surface area contributed by atoms with Crippen LogP contribution in [-0.4, -0.2) is 29.7 Å². The number of hydrogen-bond acceptors (Lipinski definition) is 6. The Labute approximate surface area is 93.8 Å². The summed E-state index contributed by atoms with van der Waals surface area (Å²) in [5.41, 5.74) is 6.37. The molecule has 1 aromatic rings. The Hall–Kier alpha value is -1.69. The number of esters is 1. The van der Waals surface area contributed by atoms with E-state index in [1.165, 1.54) is 7.11 Å². The minimum absolute atomic E-state index is 0.119. The lowest BCUT2D eigenvalue weighted by Gasteiger charge is -2.08. The number of nitrogens with zero attached hydrogens (tertiary/aromatic N) is 2. The molecule has 0 aliphatic rings. The number of rotatable bonds is 4. The second kappa shape index (κ2) is 5.41. The van der Waals surface area contributed by atoms with Gasteiger partial charge in [-0.1, -0.05) is 0 Å². The Balaban J connectivity index is 3.02. The second-order valence-electron chi connectivity index (χ2n) is 3.11. The van der Waals surface area contributed by atoms with E-state index in [2.05, 4.69) is 14.7 Å². The summed E-state index contributed by atoms with van der Waals surface area (Å²) in [6.07, 6.45) is 0. The number of methoxy groups -OCH3 is 1. The molecule has 16 heavy (non-hydrogen) atoms. The molecular formula is C10H15N3O3. The minimum Gasteiger partial charge on any atom is -0.465 e. The number of aromatic nitrogens is 2. The zero-order valence-electron chi connectivity index (χ0n) is 9.61. The van der Waals surface area contributed by atoms with Crippen molar-refractivity contribution in [2.24, 2.45) is 0 Å². The fourth-order valence-electron chi connectivity index (χ4n) is 1.27. The van der Waals surface area contributed by atoms with Crippen LogP contribution in [0.4, 0.5) is 5.82 Å². The van der Waals surface area contributed by atoms with E-state index in [0.29, 0.717) is 18.1 Å². The van der Waals surface area contributed by atoms with Crippen LogP contribution >= 0.6 is 0 Å². The third-order valence-electron chi connectivity index (χ3n) is 1.99. The molecule has 1 heterocycles. The summed E-state index contributed by atoms with van der Waals surface area (Å²) in [6.45, 7) is 4.41. The molecule has 0 atom stereocenters. The Bertz CT molecular complexity index is 370. The zero-order valence-corrected chi connectivity index (χ0v) is 9.61. The van der Waals surface area contributed by atoms with Crippen LogP contribution in [-0.2, 0) is 16.1 Å². The van der Waals surface area contributed by atoms with Gasteiger partial charge in [0.2, 0.25) is 0 Å². The number of carbonyl (C=O) groups excluding carboxylic acids is 1. The standard InChI is InChI=1S/C10H15N3O3/c1-4-16-5-7-12-6(2)8(9(11)13-7)10(14)15-3/h4-5H2,1-3H3,(H2,11,12,13). The van der Waals surface area contributed by atoms with Crippen molar-refractivity contribution in [3.8, 4) is 0 Å². The van der Waals surface area contributed by atoms with Gasteiger partial charge in [0.1, 0.15) is 18.0 Å². The molecule has 6 heteroatoms. The average Bonchev–Trinajstić information content (AvgIpc) is 2.25. The fraction of sp³-hybridized carbons (Fsp3) is 0.500. The molecule has 1 rings (SSSR count). The second-order valence-corrected chi connectivity index (χ2v) is 3.11. The van der Waals surface area contributed by atoms with Crippen molar-refractivity contribution in [2.75, 3.05) is 19.5 Å². The fourth-order valence-corrected chi connectivity index (χ4v) is 1.27. The van der Waals surface area contributed by atoms with Gasteiger partial charge in [-0.25, -0.2) is 14.8 Å². The Morgan fingerprint density at radius 2 is 2.12 bits per heavy atom. The van der Waals surface area contributed by atoms with Crippen molar-refractivity contribution < 1.29 is 14.3 Å². The summed E-state index contributed by atoms with van der Waals surface area (Å²) in [7, 11) is 1.29. The molecular weight excluding hydrogens is 210 g/mol. The average molecular weight is 225 g/mol. The van der Waals surface area contributed by atoms with Gasteiger partial charge in [-0.2, -0.15) is 0 Å². The van der Waals surface area contributed by atoms with Crippen molar-refractivity contribution >= 4 is 11.8 Å². The predicted molar refractivity (Wildman–Crippen MR) is 57.9 cm³/mol. The number of nitrogens with two attached hydrogens (primary N) is 1. The summed E-state index contributed by atoms with van der Waals surface area (Å²) < 4.78 is 9.75. The van der Waals surface area contributed by atoms with Crippen LogP contribution in [0.25, 0.3) is 0 Å². The van der Waals surface area contributed by atoms with Gasteiger partial charge in [-0.3, -0.25) is 0 Å². The Kier molecular flexibility index (Phi) is 4.19. The molecule has 0 spiro atoms. The summed E-state index contributed by atoms with van der Waals surface area (Å²) in [6, 6.07) is 0. The zero-order chi connectivity index (χ0) is 12.1. The smallest absolute Gasteiger partial charge is 0.343 e. The maximum atomic E-state index is 11.4. The van der Waals surface area contributed by atoms with E-state index >= 15 is 0 Å². The van der Waals surface area contributed by atoms with E-state index in [1.54, 1.807) is 6.92 Å². The van der Waals surface area contributed by atoms with Crippen LogP contribution in [0.2, 0.25) is 0 Å². The highest BCUT2D eigenvalue weighted by Crippen LogP contribution is 2.14. The lowest BCUT2D eigenvalue weighted by molar-refractivity contribution is 0.0599. The van der Waals surface area contributed by atoms with E-state index < -0.39 is 5.97 Å². The quantitative estimate of drug-likeness (QED) is 0.758. The highest BCUT2D eigenvalue weighted by Gasteiger charge is 2.17. The van der Waals surface area contributed by atoms with Crippen LogP contribution < -0.4 is 5.73 Å². The molecule has 0 aliphatic heterocycles. The molecule has 0 aliphatic carbocycles. The van der Waals surface area contributed by atoms with Crippen LogP contribution in [0.15, 0.2) is 0 Å². The van der Waals surface area contributed by atoms with Gasteiger partial charge in [0, 0.05) is 6.61 Å². The van der Waals surface area contributed by atoms with Crippen molar-refractivity contribution in [3.63, 3.8) is 0 Å². The molecule has 0 saturated carbocycles. The van der Waals surface area contributed by atoms with E-state index in [9.17, 15) is 4.79 Å². The van der Waals surface area contributed by atoms with Gasteiger partial charge < -0.3 is 15.2 Å². The van der Waals surface area contributed by atoms with Gasteiger partial charge in [-0.05, 0) is 13.8 Å². The van der Waals surface area contributed by atoms with Crippen molar-refractivity contribution in [1.29, 1.82) is 0 Å². The lowest BCUT2D eigenvalue weighted by Crippen LogP contribution is -2.14. The molecule has 0 unspecified atom stereocenters. The maximum absolute atomic E-state index is 11.4. The van der Waals surface area contributed by atoms with Gasteiger partial charge in [-0.15, -0.1) is 0 Å². The van der Waals surface area contributed by atoms with Crippen molar-refractivity contribution in [3.05, 3.63) is 17.1 Å². The molecule has 88 valence electrons. The highest BCUT2D eigenvalue weighted by molar-refractivity contribution is 5.95. The van der Waals surface area contributed by atoms with Crippen LogP contribution in [0.3, 0.4) is 0 Å². The number of hydrogen-bond donors (Lipinski definition) is 1. The number of nitrogen functional groups attached to an aromatic ring is 1. The molecule has 0 saturated heterocycles. The Morgan fingerprint density at radius 3 is 2.62 bits per heavy atom. The van der Waals surface area contributed by atoms with Crippen LogP contribution in [0, 0.1) is 6.92 Å². The van der Waals surface area contributed by atoms with E-state index in [1.807, 2.05) is 6.92 Å². The van der Waals surface area contributed by atoms with Gasteiger partial charge in [0.15, 0.2) is 5.82 Å². The summed E-state index contributed by atoms with van der Waals surface area (Å²) in [4.78, 5) is 19.5. The van der Waals surface area contributed by atoms with Gasteiger partial charge >= 0.3 is 5.97 Å². The van der Waals surface area contributed by atoms with Crippen molar-refractivity contribution in [2.45, 2.75) is 20.5 Å². The largest absolute Gasteiger partial charge is 0.465 e. The Morgan fingerprint density at radius 1 is 1.44 bits per heavy atom. The summed E-state index contributed by atoms with van der Waals surface area (Å²) in [5.74, 6) is 0.0523. The monoisotopic (exact) mass is 225 g/mol. The third-order valence-corrected chi connectivity index (χ3v) is 1.99. The van der Waals surface area contributed by atoms with Crippen molar-refractivity contribution in [1.82, 2.24) is 9.97 Å². The van der Waals surface area contributed by atoms with E-state index in [0.717, 1.165) is 0 Å². The molecule has 6 nitrogen and oxygen atoms in total. The maximum Gasteiger partial charge on any atom is 0.343 e. The molecule has 0 amide bonds. The van der Waals surface area contributed by atoms with Crippen LogP contribution in [0.5, 0.6) is 0 Å². The van der Waals surface area contributed by atoms with Crippen LogP contribution in [0.1, 0.15) is 28.8 Å². The molecule has 0 fully saturated rings. The summed E-state index contributed by atoms with van der Waals surface area (Å²) in [5, 5.41) is 0. The first-order valence-corrected chi connectivity index (χ1v) is 4.89. The number of aryl methyl sites for hydroxylation is 1. The number of carbonyl (C=O) groups is 1. The molecule has 2 N–H and O–H groups in total. The number of ether oxygens (including phenoxy) is 2. The minimum atomic E-state index is -0.530. The molecule has 0 aromatic carbocycles. The van der Waals surface area contributed by atoms with E-state index in [-0.39, 0.29) is 18.0 Å².